The van der Waals surface area contributed by atoms with E-state index < -0.39 is 17.1 Å². The fourth-order valence-corrected chi connectivity index (χ4v) is 4.74. The van der Waals surface area contributed by atoms with E-state index in [1.807, 2.05) is 48.5 Å². The van der Waals surface area contributed by atoms with Gasteiger partial charge in [-0.05, 0) is 48.5 Å². The molecule has 18 nitrogen and oxygen atoms in total. The van der Waals surface area contributed by atoms with Crippen molar-refractivity contribution in [1.82, 2.24) is 42.6 Å². The first-order valence-corrected chi connectivity index (χ1v) is 14.3. The van der Waals surface area contributed by atoms with Crippen LogP contribution in [0, 0.1) is 0 Å². The van der Waals surface area contributed by atoms with Gasteiger partial charge in [-0.15, -0.1) is 11.1 Å². The zero-order chi connectivity index (χ0) is 34.3. The van der Waals surface area contributed by atoms with Gasteiger partial charge in [0.25, 0.3) is 5.91 Å². The highest BCUT2D eigenvalue weighted by Gasteiger charge is 2.16. The molecular formula is C31H28N12O6. The Morgan fingerprint density at radius 3 is 2.00 bits per heavy atom. The number of para-hydroxylation sites is 3. The Labute approximate surface area is 275 Å². The van der Waals surface area contributed by atoms with E-state index in [9.17, 15) is 19.8 Å². The number of anilines is 2. The molecule has 5 heterocycles. The number of hydrazine groups is 4. The van der Waals surface area contributed by atoms with E-state index in [-0.39, 0.29) is 16.8 Å². The van der Waals surface area contributed by atoms with Crippen LogP contribution in [0.1, 0.15) is 10.5 Å². The number of H-pyrrole nitrogens is 1. The average Bonchev–Trinajstić information content (AvgIpc) is 3.89. The number of rotatable bonds is 4. The number of aromatic hydroxyl groups is 2. The molecule has 0 unspecified atom stereocenters. The summed E-state index contributed by atoms with van der Waals surface area (Å²) in [6.07, 6.45) is 3.18. The van der Waals surface area contributed by atoms with Crippen molar-refractivity contribution in [3.8, 4) is 17.2 Å². The van der Waals surface area contributed by atoms with Crippen LogP contribution in [0.5, 0.6) is 17.2 Å². The van der Waals surface area contributed by atoms with Gasteiger partial charge in [0.1, 0.15) is 35.2 Å². The molecule has 2 aliphatic rings. The number of hydrogen-bond acceptors (Lipinski definition) is 16. The number of aromatic amines is 1. The summed E-state index contributed by atoms with van der Waals surface area (Å²) >= 11 is 0. The Balaban J connectivity index is 0.000000128. The van der Waals surface area contributed by atoms with Gasteiger partial charge in [0.05, 0.1) is 12.6 Å². The Morgan fingerprint density at radius 1 is 0.776 bits per heavy atom. The van der Waals surface area contributed by atoms with Crippen molar-refractivity contribution in [3.05, 3.63) is 101 Å². The topological polar surface area (TPSA) is 237 Å². The van der Waals surface area contributed by atoms with E-state index in [1.165, 1.54) is 11.5 Å². The molecule has 0 spiro atoms. The van der Waals surface area contributed by atoms with Crippen molar-refractivity contribution >= 4 is 62.9 Å². The molecule has 9 N–H and O–H groups in total. The molecule has 8 rings (SSSR count). The molecule has 1 amide bonds. The number of nitrogens with zero attached hydrogens (tertiary/aromatic N) is 6. The molecule has 6 aromatic rings. The minimum Gasteiger partial charge on any atom is -0.506 e. The van der Waals surface area contributed by atoms with E-state index >= 15 is 0 Å². The van der Waals surface area contributed by atoms with Gasteiger partial charge in [-0.1, -0.05) is 36.4 Å². The molecule has 3 aromatic carbocycles. The molecule has 248 valence electrons. The summed E-state index contributed by atoms with van der Waals surface area (Å²) in [7, 11) is 1.64. The number of amides is 1. The number of ether oxygens (including phenoxy) is 1. The SMILES string of the molecule is COc1cccc2ccc(N3C=NNN3)nc12.O=C(NO)c1[nH]c2ccccc2c(=O)c1O.Oc1cccc2ccc(N3C=NNN3)nc12. The molecule has 0 radical (unpaired) electrons. The maximum absolute atomic E-state index is 11.6. The molecule has 0 atom stereocenters. The summed E-state index contributed by atoms with van der Waals surface area (Å²) < 4.78 is 5.29. The van der Waals surface area contributed by atoms with Gasteiger partial charge < -0.3 is 19.9 Å². The largest absolute Gasteiger partial charge is 0.506 e. The Hall–Kier alpha value is -7.02. The molecule has 0 saturated carbocycles. The Bertz CT molecular complexity index is 2280. The highest BCUT2D eigenvalue weighted by molar-refractivity contribution is 5.97. The molecule has 0 bridgehead atoms. The molecule has 18 heteroatoms. The van der Waals surface area contributed by atoms with Crippen LogP contribution < -0.4 is 47.8 Å². The van der Waals surface area contributed by atoms with Crippen molar-refractivity contribution < 1.29 is 25.0 Å². The van der Waals surface area contributed by atoms with E-state index in [0.717, 1.165) is 27.9 Å². The van der Waals surface area contributed by atoms with Crippen LogP contribution in [-0.4, -0.2) is 56.1 Å². The van der Waals surface area contributed by atoms with Crippen LogP contribution >= 0.6 is 0 Å². The predicted molar refractivity (Wildman–Crippen MR) is 182 cm³/mol. The molecule has 49 heavy (non-hydrogen) atoms. The van der Waals surface area contributed by atoms with Crippen LogP contribution in [0.2, 0.25) is 0 Å². The third-order valence-electron chi connectivity index (χ3n) is 7.09. The van der Waals surface area contributed by atoms with E-state index in [2.05, 4.69) is 47.3 Å². The molecular weight excluding hydrogens is 636 g/mol. The predicted octanol–water partition coefficient (Wildman–Crippen LogP) is 2.08. The number of hydrazone groups is 2. The lowest BCUT2D eigenvalue weighted by molar-refractivity contribution is 0.0697. The third-order valence-corrected chi connectivity index (χ3v) is 7.09. The first-order chi connectivity index (χ1) is 23.9. The zero-order valence-electron chi connectivity index (χ0n) is 25.5. The van der Waals surface area contributed by atoms with Gasteiger partial charge in [0, 0.05) is 16.2 Å². The lowest BCUT2D eigenvalue weighted by Crippen LogP contribution is -2.37. The molecule has 0 saturated heterocycles. The first kappa shape index (κ1) is 31.9. The van der Waals surface area contributed by atoms with E-state index in [0.29, 0.717) is 16.9 Å². The van der Waals surface area contributed by atoms with Crippen LogP contribution in [0.3, 0.4) is 0 Å². The van der Waals surface area contributed by atoms with E-state index in [1.54, 1.807) is 60.1 Å². The van der Waals surface area contributed by atoms with Gasteiger partial charge in [-0.2, -0.15) is 10.2 Å². The number of hydroxylamine groups is 1. The van der Waals surface area contributed by atoms with Crippen molar-refractivity contribution in [2.24, 2.45) is 10.2 Å². The van der Waals surface area contributed by atoms with Gasteiger partial charge in [-0.25, -0.2) is 36.5 Å². The average molecular weight is 665 g/mol. The van der Waals surface area contributed by atoms with Gasteiger partial charge in [0.2, 0.25) is 5.43 Å². The summed E-state index contributed by atoms with van der Waals surface area (Å²) in [5.74, 6) is 0.640. The van der Waals surface area contributed by atoms with Crippen molar-refractivity contribution in [2.75, 3.05) is 17.1 Å². The maximum Gasteiger partial charge on any atom is 0.295 e. The number of carbonyl (C=O) groups excluding carboxylic acids is 1. The number of carbonyl (C=O) groups is 1. The summed E-state index contributed by atoms with van der Waals surface area (Å²) in [6, 6.07) is 25.2. The van der Waals surface area contributed by atoms with Gasteiger partial charge in [-0.3, -0.25) is 14.8 Å². The summed E-state index contributed by atoms with van der Waals surface area (Å²) in [4.78, 5) is 34.2. The number of phenols is 1. The number of nitrogens with one attached hydrogen (secondary N) is 6. The number of hydrogen-bond donors (Lipinski definition) is 9. The van der Waals surface area contributed by atoms with Gasteiger partial charge in [0.15, 0.2) is 23.1 Å². The number of methoxy groups -OCH3 is 1. The normalized spacial score (nSPS) is 12.9. The van der Waals surface area contributed by atoms with Crippen LogP contribution in [0.15, 0.2) is 99.9 Å². The Kier molecular flexibility index (Phi) is 9.24. The van der Waals surface area contributed by atoms with Crippen molar-refractivity contribution in [2.45, 2.75) is 0 Å². The van der Waals surface area contributed by atoms with Crippen molar-refractivity contribution in [3.63, 3.8) is 0 Å². The maximum atomic E-state index is 11.6. The molecule has 0 aliphatic carbocycles. The first-order valence-electron chi connectivity index (χ1n) is 14.3. The summed E-state index contributed by atoms with van der Waals surface area (Å²) in [6.45, 7) is 0. The smallest absolute Gasteiger partial charge is 0.295 e. The fourth-order valence-electron chi connectivity index (χ4n) is 4.74. The number of phenolic OH excluding ortho intramolecular Hbond substituents is 1. The highest BCUT2D eigenvalue weighted by Crippen LogP contribution is 2.26. The monoisotopic (exact) mass is 664 g/mol. The molecule has 3 aromatic heterocycles. The second kappa shape index (κ2) is 14.2. The molecule has 2 aliphatic heterocycles. The second-order valence-corrected chi connectivity index (χ2v) is 10.1. The van der Waals surface area contributed by atoms with Crippen LogP contribution in [-0.2, 0) is 0 Å². The van der Waals surface area contributed by atoms with Crippen molar-refractivity contribution in [1.29, 1.82) is 0 Å². The lowest BCUT2D eigenvalue weighted by Gasteiger charge is -2.13. The standard InChI is InChI=1S/C11H11N5O.C10H9N5O.C10H8N2O4/c1-17-9-4-2-3-8-5-6-10(13-11(8)9)16-7-12-14-15-16;16-8-3-1-2-7-4-5-9(12-10(7)8)15-6-11-13-14-15;13-8-5-3-1-2-4-6(5)11-7(9(8)14)10(15)12-16/h2-7,14-15H,1H3;1-6,13-14,16H;1-4,14,16H,(H,11,13)(H,12,15). The minimum absolute atomic E-state index is 0.170. The molecule has 0 fully saturated rings. The second-order valence-electron chi connectivity index (χ2n) is 10.1. The van der Waals surface area contributed by atoms with Crippen LogP contribution in [0.25, 0.3) is 32.7 Å². The highest BCUT2D eigenvalue weighted by atomic mass is 16.5. The number of benzene rings is 3. The summed E-state index contributed by atoms with van der Waals surface area (Å²) in [5, 5.41) is 40.7. The summed E-state index contributed by atoms with van der Waals surface area (Å²) in [5.41, 5.74) is 12.9. The van der Waals surface area contributed by atoms with E-state index in [4.69, 9.17) is 9.94 Å². The minimum atomic E-state index is -0.972. The quantitative estimate of drug-likeness (QED) is 0.0969. The number of fused-ring (bicyclic) bond motifs is 3. The zero-order valence-corrected chi connectivity index (χ0v) is 25.5. The third kappa shape index (κ3) is 6.76. The number of pyridine rings is 3. The Morgan fingerprint density at radius 2 is 1.39 bits per heavy atom. The number of aromatic nitrogens is 3. The van der Waals surface area contributed by atoms with Gasteiger partial charge >= 0.3 is 0 Å². The fraction of sp³-hybridized carbons (Fsp3) is 0.0323. The lowest BCUT2D eigenvalue weighted by atomic mass is 10.1. The van der Waals surface area contributed by atoms with Crippen LogP contribution in [0.4, 0.5) is 11.6 Å².